The van der Waals surface area contributed by atoms with Gasteiger partial charge in [0, 0.05) is 16.6 Å². The van der Waals surface area contributed by atoms with Crippen LogP contribution in [-0.2, 0) is 6.42 Å². The van der Waals surface area contributed by atoms with Crippen molar-refractivity contribution in [3.63, 3.8) is 0 Å². The number of nitrogens with zero attached hydrogens (tertiary/aromatic N) is 2. The van der Waals surface area contributed by atoms with Gasteiger partial charge in [0.05, 0.1) is 0 Å². The van der Waals surface area contributed by atoms with Crippen molar-refractivity contribution in [2.75, 3.05) is 0 Å². The highest BCUT2D eigenvalue weighted by molar-refractivity contribution is 9.10. The van der Waals surface area contributed by atoms with Crippen LogP contribution in [0.25, 0.3) is 0 Å². The van der Waals surface area contributed by atoms with Crippen molar-refractivity contribution in [1.29, 1.82) is 0 Å². The van der Waals surface area contributed by atoms with Gasteiger partial charge < -0.3 is 5.11 Å². The van der Waals surface area contributed by atoms with Crippen molar-refractivity contribution < 1.29 is 9.90 Å². The molecule has 0 amide bonds. The van der Waals surface area contributed by atoms with E-state index in [4.69, 9.17) is 5.11 Å². The number of aromatic nitrogens is 2. The second-order valence-electron chi connectivity index (χ2n) is 3.50. The Kier molecular flexibility index (Phi) is 3.49. The van der Waals surface area contributed by atoms with E-state index < -0.39 is 5.97 Å². The molecule has 0 aliphatic carbocycles. The van der Waals surface area contributed by atoms with Gasteiger partial charge in [0.25, 0.3) is 0 Å². The van der Waals surface area contributed by atoms with Crippen LogP contribution in [0, 0.1) is 0 Å². The molecule has 1 heterocycles. The van der Waals surface area contributed by atoms with Gasteiger partial charge in [0.1, 0.15) is 6.33 Å². The highest BCUT2D eigenvalue weighted by Gasteiger charge is 2.06. The number of carbonyl (C=O) groups is 1. The molecule has 0 radical (unpaired) electrons. The third-order valence-electron chi connectivity index (χ3n) is 2.24. The van der Waals surface area contributed by atoms with Gasteiger partial charge in [-0.3, -0.25) is 0 Å². The van der Waals surface area contributed by atoms with E-state index in [1.165, 1.54) is 12.4 Å². The van der Waals surface area contributed by atoms with Gasteiger partial charge in [-0.1, -0.05) is 28.1 Å². The van der Waals surface area contributed by atoms with Crippen molar-refractivity contribution in [1.82, 2.24) is 9.97 Å². The number of carboxylic acids is 1. The maximum absolute atomic E-state index is 10.8. The van der Waals surface area contributed by atoms with Gasteiger partial charge in [-0.15, -0.1) is 0 Å². The van der Waals surface area contributed by atoms with Crippen molar-refractivity contribution in [3.05, 3.63) is 58.1 Å². The predicted molar refractivity (Wildman–Crippen MR) is 65.9 cm³/mol. The molecule has 0 saturated heterocycles. The summed E-state index contributed by atoms with van der Waals surface area (Å²) in [6, 6.07) is 9.30. The Labute approximate surface area is 106 Å². The van der Waals surface area contributed by atoms with Crippen molar-refractivity contribution in [2.45, 2.75) is 6.42 Å². The smallest absolute Gasteiger partial charge is 0.354 e. The Morgan fingerprint density at radius 3 is 2.59 bits per heavy atom. The molecule has 0 bridgehead atoms. The molecular formula is C12H9BrN2O2. The van der Waals surface area contributed by atoms with Crippen LogP contribution in [0.5, 0.6) is 0 Å². The molecule has 0 fully saturated rings. The molecule has 0 aliphatic heterocycles. The Balaban J connectivity index is 2.21. The fourth-order valence-corrected chi connectivity index (χ4v) is 1.69. The Bertz CT molecular complexity index is 540. The topological polar surface area (TPSA) is 63.1 Å². The van der Waals surface area contributed by atoms with E-state index in [0.717, 1.165) is 10.0 Å². The minimum absolute atomic E-state index is 0.0205. The second-order valence-corrected chi connectivity index (χ2v) is 4.42. The predicted octanol–water partition coefficient (Wildman–Crippen LogP) is 2.53. The first kappa shape index (κ1) is 11.7. The van der Waals surface area contributed by atoms with Gasteiger partial charge in [-0.05, 0) is 23.8 Å². The Morgan fingerprint density at radius 2 is 1.94 bits per heavy atom. The molecule has 0 aliphatic rings. The largest absolute Gasteiger partial charge is 0.477 e. The van der Waals surface area contributed by atoms with Gasteiger partial charge in [0.2, 0.25) is 0 Å². The summed E-state index contributed by atoms with van der Waals surface area (Å²) in [4.78, 5) is 18.5. The first-order chi connectivity index (χ1) is 8.15. The lowest BCUT2D eigenvalue weighted by Crippen LogP contribution is -2.03. The van der Waals surface area contributed by atoms with Crippen LogP contribution in [0.2, 0.25) is 0 Å². The van der Waals surface area contributed by atoms with E-state index in [1.54, 1.807) is 0 Å². The molecule has 5 heteroatoms. The van der Waals surface area contributed by atoms with E-state index >= 15 is 0 Å². The molecular weight excluding hydrogens is 284 g/mol. The summed E-state index contributed by atoms with van der Waals surface area (Å²) < 4.78 is 1.01. The molecule has 17 heavy (non-hydrogen) atoms. The number of hydrogen-bond acceptors (Lipinski definition) is 3. The van der Waals surface area contributed by atoms with Crippen LogP contribution in [0.3, 0.4) is 0 Å². The summed E-state index contributed by atoms with van der Waals surface area (Å²) in [5.74, 6) is -1.04. The molecule has 86 valence electrons. The van der Waals surface area contributed by atoms with Gasteiger partial charge in [-0.25, -0.2) is 14.8 Å². The monoisotopic (exact) mass is 292 g/mol. The summed E-state index contributed by atoms with van der Waals surface area (Å²) >= 11 is 3.36. The summed E-state index contributed by atoms with van der Waals surface area (Å²) in [6.07, 6.45) is 1.87. The first-order valence-corrected chi connectivity index (χ1v) is 5.73. The molecule has 0 unspecified atom stereocenters. The zero-order chi connectivity index (χ0) is 12.3. The summed E-state index contributed by atoms with van der Waals surface area (Å²) in [6.45, 7) is 0. The first-order valence-electron chi connectivity index (χ1n) is 4.94. The molecule has 1 aromatic heterocycles. The molecule has 2 aromatic rings. The van der Waals surface area contributed by atoms with Crippen molar-refractivity contribution >= 4 is 21.9 Å². The maximum atomic E-state index is 10.8. The van der Waals surface area contributed by atoms with Crippen LogP contribution in [-0.4, -0.2) is 21.0 Å². The molecule has 0 atom stereocenters. The maximum Gasteiger partial charge on any atom is 0.354 e. The van der Waals surface area contributed by atoms with E-state index in [1.807, 2.05) is 24.3 Å². The van der Waals surface area contributed by atoms with Gasteiger partial charge >= 0.3 is 5.97 Å². The fourth-order valence-electron chi connectivity index (χ4n) is 1.42. The number of carboxylic acid groups (broad SMARTS) is 1. The van der Waals surface area contributed by atoms with Gasteiger partial charge in [0.15, 0.2) is 5.69 Å². The molecule has 0 saturated carbocycles. The van der Waals surface area contributed by atoms with E-state index in [2.05, 4.69) is 25.9 Å². The summed E-state index contributed by atoms with van der Waals surface area (Å²) in [7, 11) is 0. The third-order valence-corrected chi connectivity index (χ3v) is 2.77. The fraction of sp³-hybridized carbons (Fsp3) is 0.0833. The molecule has 4 nitrogen and oxygen atoms in total. The third kappa shape index (κ3) is 3.10. The molecule has 1 aromatic carbocycles. The van der Waals surface area contributed by atoms with Crippen molar-refractivity contribution in [2.24, 2.45) is 0 Å². The number of aromatic carboxylic acids is 1. The van der Waals surface area contributed by atoms with Crippen LogP contribution in [0.4, 0.5) is 0 Å². The van der Waals surface area contributed by atoms with Crippen LogP contribution < -0.4 is 0 Å². The Hall–Kier alpha value is -1.75. The molecule has 1 N–H and O–H groups in total. The number of halogens is 1. The second kappa shape index (κ2) is 5.05. The van der Waals surface area contributed by atoms with Crippen LogP contribution >= 0.6 is 15.9 Å². The molecule has 2 rings (SSSR count). The van der Waals surface area contributed by atoms with E-state index in [0.29, 0.717) is 12.1 Å². The normalized spacial score (nSPS) is 10.2. The minimum Gasteiger partial charge on any atom is -0.477 e. The Morgan fingerprint density at radius 1 is 1.24 bits per heavy atom. The summed E-state index contributed by atoms with van der Waals surface area (Å²) in [5.41, 5.74) is 1.79. The quantitative estimate of drug-likeness (QED) is 0.944. The SMILES string of the molecule is O=C(O)c1cc(Cc2ccc(Br)cc2)ncn1. The lowest BCUT2D eigenvalue weighted by molar-refractivity contribution is 0.0690. The zero-order valence-corrected chi connectivity index (χ0v) is 10.4. The highest BCUT2D eigenvalue weighted by atomic mass is 79.9. The summed E-state index contributed by atoms with van der Waals surface area (Å²) in [5, 5.41) is 8.82. The van der Waals surface area contributed by atoms with E-state index in [-0.39, 0.29) is 5.69 Å². The van der Waals surface area contributed by atoms with Crippen LogP contribution in [0.1, 0.15) is 21.7 Å². The lowest BCUT2D eigenvalue weighted by Gasteiger charge is -2.02. The van der Waals surface area contributed by atoms with Gasteiger partial charge in [-0.2, -0.15) is 0 Å². The number of hydrogen-bond donors (Lipinski definition) is 1. The minimum atomic E-state index is -1.04. The zero-order valence-electron chi connectivity index (χ0n) is 8.80. The lowest BCUT2D eigenvalue weighted by atomic mass is 10.1. The highest BCUT2D eigenvalue weighted by Crippen LogP contribution is 2.13. The molecule has 0 spiro atoms. The standard InChI is InChI=1S/C12H9BrN2O2/c13-9-3-1-8(2-4-9)5-10-6-11(12(16)17)15-7-14-10/h1-4,6-7H,5H2,(H,16,17). The number of rotatable bonds is 3. The number of benzene rings is 1. The average molecular weight is 293 g/mol. The average Bonchev–Trinajstić information content (AvgIpc) is 2.32. The van der Waals surface area contributed by atoms with Crippen LogP contribution in [0.15, 0.2) is 41.1 Å². The van der Waals surface area contributed by atoms with Crippen molar-refractivity contribution in [3.8, 4) is 0 Å². The van der Waals surface area contributed by atoms with E-state index in [9.17, 15) is 4.79 Å².